The third-order valence-corrected chi connectivity index (χ3v) is 3.82. The van der Waals surface area contributed by atoms with Crippen LogP contribution in [-0.2, 0) is 0 Å². The van der Waals surface area contributed by atoms with Crippen molar-refractivity contribution in [3.05, 3.63) is 62.0 Å². The second-order valence-electron chi connectivity index (χ2n) is 4.19. The minimum Gasteiger partial charge on any atom is -0.421 e. The largest absolute Gasteiger partial charge is 0.421 e. The van der Waals surface area contributed by atoms with Gasteiger partial charge in [0.1, 0.15) is 6.29 Å². The molecule has 0 spiro atoms. The van der Waals surface area contributed by atoms with Crippen molar-refractivity contribution in [1.82, 2.24) is 0 Å². The molecule has 102 valence electrons. The van der Waals surface area contributed by atoms with Gasteiger partial charge in [0.25, 0.3) is 0 Å². The molecule has 2 aromatic carbocycles. The molecule has 0 heterocycles. The number of hydrogen-bond acceptors (Lipinski definition) is 3. The number of ether oxygens (including phenoxy) is 1. The number of hydrogen-bond donors (Lipinski definition) is 0. The fourth-order valence-corrected chi connectivity index (χ4v) is 2.97. The van der Waals surface area contributed by atoms with E-state index >= 15 is 0 Å². The molecule has 0 N–H and O–H groups in total. The van der Waals surface area contributed by atoms with Gasteiger partial charge in [-0.3, -0.25) is 4.79 Å². The van der Waals surface area contributed by atoms with Crippen molar-refractivity contribution < 1.29 is 14.3 Å². The smallest absolute Gasteiger partial charge is 0.343 e. The van der Waals surface area contributed by atoms with Crippen LogP contribution >= 0.6 is 31.9 Å². The van der Waals surface area contributed by atoms with Crippen molar-refractivity contribution in [1.29, 1.82) is 0 Å². The highest BCUT2D eigenvalue weighted by Crippen LogP contribution is 2.34. The first kappa shape index (κ1) is 14.9. The zero-order valence-electron chi connectivity index (χ0n) is 10.5. The maximum absolute atomic E-state index is 12.1. The van der Waals surface area contributed by atoms with Crippen LogP contribution in [0.5, 0.6) is 5.75 Å². The number of rotatable bonds is 3. The SMILES string of the molecule is Cc1ccc(C(=O)Oc2c(Br)cc(C=O)cc2Br)cc1. The number of carbonyl (C=O) groups excluding carboxylic acids is 2. The maximum Gasteiger partial charge on any atom is 0.343 e. The van der Waals surface area contributed by atoms with Gasteiger partial charge >= 0.3 is 5.97 Å². The monoisotopic (exact) mass is 396 g/mol. The summed E-state index contributed by atoms with van der Waals surface area (Å²) in [5.41, 5.74) is 2.02. The van der Waals surface area contributed by atoms with Gasteiger partial charge in [-0.25, -0.2) is 4.79 Å². The summed E-state index contributed by atoms with van der Waals surface area (Å²) >= 11 is 6.57. The first-order valence-corrected chi connectivity index (χ1v) is 7.33. The minimum absolute atomic E-state index is 0.348. The summed E-state index contributed by atoms with van der Waals surface area (Å²) in [7, 11) is 0. The van der Waals surface area contributed by atoms with Crippen LogP contribution in [0, 0.1) is 6.92 Å². The van der Waals surface area contributed by atoms with Gasteiger partial charge in [-0.15, -0.1) is 0 Å². The molecule has 0 aliphatic rings. The Balaban J connectivity index is 2.28. The molecule has 0 aliphatic heterocycles. The van der Waals surface area contributed by atoms with Gasteiger partial charge in [0.15, 0.2) is 5.75 Å². The summed E-state index contributed by atoms with van der Waals surface area (Å²) in [4.78, 5) is 22.8. The summed E-state index contributed by atoms with van der Waals surface area (Å²) < 4.78 is 6.43. The minimum atomic E-state index is -0.453. The molecule has 0 fully saturated rings. The Bertz CT molecular complexity index is 640. The summed E-state index contributed by atoms with van der Waals surface area (Å²) in [6, 6.07) is 10.3. The van der Waals surface area contributed by atoms with E-state index in [1.54, 1.807) is 24.3 Å². The second kappa shape index (κ2) is 6.33. The molecule has 0 amide bonds. The Morgan fingerprint density at radius 3 is 2.15 bits per heavy atom. The Morgan fingerprint density at radius 2 is 1.65 bits per heavy atom. The Labute approximate surface area is 133 Å². The van der Waals surface area contributed by atoms with E-state index in [-0.39, 0.29) is 0 Å². The number of benzene rings is 2. The average molecular weight is 398 g/mol. The maximum atomic E-state index is 12.1. The summed E-state index contributed by atoms with van der Waals surface area (Å²) in [5, 5.41) is 0. The zero-order valence-corrected chi connectivity index (χ0v) is 13.7. The van der Waals surface area contributed by atoms with Gasteiger partial charge in [0.2, 0.25) is 0 Å². The van der Waals surface area contributed by atoms with Crippen molar-refractivity contribution >= 4 is 44.1 Å². The predicted molar refractivity (Wildman–Crippen MR) is 83.4 cm³/mol. The van der Waals surface area contributed by atoms with Crippen LogP contribution in [0.15, 0.2) is 45.3 Å². The van der Waals surface area contributed by atoms with Crippen molar-refractivity contribution in [3.8, 4) is 5.75 Å². The molecule has 0 bridgehead atoms. The third kappa shape index (κ3) is 3.35. The van der Waals surface area contributed by atoms with Gasteiger partial charge in [-0.1, -0.05) is 17.7 Å². The Kier molecular flexibility index (Phi) is 4.73. The lowest BCUT2D eigenvalue weighted by Crippen LogP contribution is -2.09. The molecule has 0 saturated heterocycles. The second-order valence-corrected chi connectivity index (χ2v) is 5.90. The highest BCUT2D eigenvalue weighted by Gasteiger charge is 2.14. The molecule has 0 saturated carbocycles. The lowest BCUT2D eigenvalue weighted by molar-refractivity contribution is 0.0732. The van der Waals surface area contributed by atoms with E-state index < -0.39 is 5.97 Å². The predicted octanol–water partition coefficient (Wildman–Crippen LogP) is 4.55. The highest BCUT2D eigenvalue weighted by molar-refractivity contribution is 9.11. The van der Waals surface area contributed by atoms with Crippen LogP contribution < -0.4 is 4.74 Å². The van der Waals surface area contributed by atoms with Crippen LogP contribution in [0.25, 0.3) is 0 Å². The molecule has 2 aromatic rings. The van der Waals surface area contributed by atoms with Gasteiger partial charge in [-0.2, -0.15) is 0 Å². The van der Waals surface area contributed by atoms with E-state index in [9.17, 15) is 9.59 Å². The van der Waals surface area contributed by atoms with Gasteiger partial charge in [0, 0.05) is 5.56 Å². The fourth-order valence-electron chi connectivity index (χ4n) is 1.59. The molecule has 20 heavy (non-hydrogen) atoms. The molecule has 0 atom stereocenters. The van der Waals surface area contributed by atoms with Crippen LogP contribution in [0.3, 0.4) is 0 Å². The highest BCUT2D eigenvalue weighted by atomic mass is 79.9. The first-order valence-electron chi connectivity index (χ1n) is 5.74. The van der Waals surface area contributed by atoms with Crippen LogP contribution in [0.4, 0.5) is 0 Å². The van der Waals surface area contributed by atoms with Crippen molar-refractivity contribution in [2.75, 3.05) is 0 Å². The van der Waals surface area contributed by atoms with E-state index in [1.165, 1.54) is 0 Å². The molecule has 0 aromatic heterocycles. The number of halogens is 2. The molecule has 0 unspecified atom stereocenters. The van der Waals surface area contributed by atoms with Crippen LogP contribution in [0.1, 0.15) is 26.3 Å². The van der Waals surface area contributed by atoms with Crippen LogP contribution in [0.2, 0.25) is 0 Å². The molecule has 0 aliphatic carbocycles. The zero-order chi connectivity index (χ0) is 14.7. The van der Waals surface area contributed by atoms with E-state index in [0.29, 0.717) is 25.8 Å². The Hall–Kier alpha value is -1.46. The number of aryl methyl sites for hydroxylation is 1. The summed E-state index contributed by atoms with van der Waals surface area (Å²) in [6.45, 7) is 1.94. The Morgan fingerprint density at radius 1 is 1.10 bits per heavy atom. The molecule has 5 heteroatoms. The molecule has 2 rings (SSSR count). The van der Waals surface area contributed by atoms with Crippen LogP contribution in [-0.4, -0.2) is 12.3 Å². The average Bonchev–Trinajstić information content (AvgIpc) is 2.43. The van der Waals surface area contributed by atoms with Crippen molar-refractivity contribution in [3.63, 3.8) is 0 Å². The van der Waals surface area contributed by atoms with E-state index in [4.69, 9.17) is 4.74 Å². The van der Waals surface area contributed by atoms with Gasteiger partial charge < -0.3 is 4.74 Å². The number of esters is 1. The topological polar surface area (TPSA) is 43.4 Å². The van der Waals surface area contributed by atoms with Gasteiger partial charge in [-0.05, 0) is 63.0 Å². The quantitative estimate of drug-likeness (QED) is 0.433. The molecular formula is C15H10Br2O3. The lowest BCUT2D eigenvalue weighted by atomic mass is 10.1. The van der Waals surface area contributed by atoms with E-state index in [1.807, 2.05) is 19.1 Å². The van der Waals surface area contributed by atoms with Crippen molar-refractivity contribution in [2.45, 2.75) is 6.92 Å². The van der Waals surface area contributed by atoms with E-state index in [0.717, 1.165) is 11.8 Å². The van der Waals surface area contributed by atoms with Crippen molar-refractivity contribution in [2.24, 2.45) is 0 Å². The molecular weight excluding hydrogens is 388 g/mol. The van der Waals surface area contributed by atoms with E-state index in [2.05, 4.69) is 31.9 Å². The normalized spacial score (nSPS) is 10.2. The standard InChI is InChI=1S/C15H10Br2O3/c1-9-2-4-11(5-3-9)15(19)20-14-12(16)6-10(8-18)7-13(14)17/h2-8H,1H3. The number of carbonyl (C=O) groups is 2. The summed E-state index contributed by atoms with van der Waals surface area (Å²) in [6.07, 6.45) is 0.723. The van der Waals surface area contributed by atoms with Gasteiger partial charge in [0.05, 0.1) is 14.5 Å². The summed E-state index contributed by atoms with van der Waals surface area (Å²) in [5.74, 6) is -0.105. The fraction of sp³-hybridized carbons (Fsp3) is 0.0667. The first-order chi connectivity index (χ1) is 9.51. The molecule has 0 radical (unpaired) electrons. The third-order valence-electron chi connectivity index (χ3n) is 2.64. The molecule has 3 nitrogen and oxygen atoms in total. The lowest BCUT2D eigenvalue weighted by Gasteiger charge is -2.09. The number of aldehydes is 1.